The van der Waals surface area contributed by atoms with Crippen LogP contribution in [0.2, 0.25) is 0 Å². The van der Waals surface area contributed by atoms with Gasteiger partial charge in [-0.15, -0.1) is 0 Å². The van der Waals surface area contributed by atoms with Crippen LogP contribution in [0.5, 0.6) is 0 Å². The first-order chi connectivity index (χ1) is 11.6. The fourth-order valence-corrected chi connectivity index (χ4v) is 2.97. The van der Waals surface area contributed by atoms with Gasteiger partial charge >= 0.3 is 0 Å². The highest BCUT2D eigenvalue weighted by atomic mass is 79.9. The second-order valence-electron chi connectivity index (χ2n) is 5.36. The molecule has 0 saturated carbocycles. The molecule has 2 aromatic carbocycles. The molecule has 0 bridgehead atoms. The van der Waals surface area contributed by atoms with E-state index in [0.29, 0.717) is 23.1 Å². The second-order valence-corrected chi connectivity index (χ2v) is 6.21. The molecule has 1 amide bonds. The summed E-state index contributed by atoms with van der Waals surface area (Å²) in [5.41, 5.74) is 3.89. The van der Waals surface area contributed by atoms with E-state index < -0.39 is 0 Å². The van der Waals surface area contributed by atoms with Crippen molar-refractivity contribution in [2.45, 2.75) is 19.8 Å². The van der Waals surface area contributed by atoms with Gasteiger partial charge in [0.2, 0.25) is 5.91 Å². The SMILES string of the molecule is CCc1nc2c(Br)cccc2c(=O)n1NC(=O)Cc1ccccc1. The minimum atomic E-state index is -0.278. The molecule has 122 valence electrons. The zero-order valence-corrected chi connectivity index (χ0v) is 14.7. The van der Waals surface area contributed by atoms with E-state index in [4.69, 9.17) is 0 Å². The first-order valence-electron chi connectivity index (χ1n) is 7.64. The number of halogens is 1. The molecule has 0 fully saturated rings. The minimum Gasteiger partial charge on any atom is -0.273 e. The lowest BCUT2D eigenvalue weighted by atomic mass is 10.1. The van der Waals surface area contributed by atoms with Gasteiger partial charge in [0.15, 0.2) is 0 Å². The average molecular weight is 386 g/mol. The van der Waals surface area contributed by atoms with Crippen LogP contribution in [0.25, 0.3) is 10.9 Å². The van der Waals surface area contributed by atoms with E-state index >= 15 is 0 Å². The zero-order chi connectivity index (χ0) is 17.1. The lowest BCUT2D eigenvalue weighted by molar-refractivity contribution is -0.116. The number of hydrogen-bond acceptors (Lipinski definition) is 3. The lowest BCUT2D eigenvalue weighted by Crippen LogP contribution is -2.37. The molecule has 1 heterocycles. The maximum absolute atomic E-state index is 12.7. The summed E-state index contributed by atoms with van der Waals surface area (Å²) in [5.74, 6) is 0.259. The number of amides is 1. The van der Waals surface area contributed by atoms with Gasteiger partial charge < -0.3 is 0 Å². The molecule has 0 aliphatic carbocycles. The highest BCUT2D eigenvalue weighted by Gasteiger charge is 2.14. The van der Waals surface area contributed by atoms with Crippen molar-refractivity contribution >= 4 is 32.7 Å². The van der Waals surface area contributed by atoms with Gasteiger partial charge in [-0.1, -0.05) is 43.3 Å². The Hall–Kier alpha value is -2.47. The fraction of sp³-hybridized carbons (Fsp3) is 0.167. The quantitative estimate of drug-likeness (QED) is 0.750. The van der Waals surface area contributed by atoms with Crippen molar-refractivity contribution in [2.75, 3.05) is 5.43 Å². The first-order valence-corrected chi connectivity index (χ1v) is 8.43. The highest BCUT2D eigenvalue weighted by Crippen LogP contribution is 2.19. The molecule has 5 nitrogen and oxygen atoms in total. The van der Waals surface area contributed by atoms with Crippen molar-refractivity contribution in [3.05, 3.63) is 74.7 Å². The summed E-state index contributed by atoms with van der Waals surface area (Å²) < 4.78 is 2.01. The summed E-state index contributed by atoms with van der Waals surface area (Å²) in [6, 6.07) is 14.7. The molecule has 0 aliphatic rings. The van der Waals surface area contributed by atoms with Crippen LogP contribution in [-0.4, -0.2) is 15.6 Å². The van der Waals surface area contributed by atoms with E-state index in [9.17, 15) is 9.59 Å². The number of benzene rings is 2. The van der Waals surface area contributed by atoms with Crippen LogP contribution >= 0.6 is 15.9 Å². The zero-order valence-electron chi connectivity index (χ0n) is 13.1. The Morgan fingerprint density at radius 2 is 1.92 bits per heavy atom. The van der Waals surface area contributed by atoms with Crippen LogP contribution in [0.3, 0.4) is 0 Å². The van der Waals surface area contributed by atoms with Gasteiger partial charge in [-0.25, -0.2) is 9.66 Å². The minimum absolute atomic E-state index is 0.201. The molecule has 0 unspecified atom stereocenters. The Morgan fingerprint density at radius 1 is 1.17 bits per heavy atom. The predicted octanol–water partition coefficient (Wildman–Crippen LogP) is 3.03. The number of hydrogen-bond donors (Lipinski definition) is 1. The molecule has 3 aromatic rings. The van der Waals surface area contributed by atoms with Crippen molar-refractivity contribution in [3.8, 4) is 0 Å². The standard InChI is InChI=1S/C18H16BrN3O2/c1-2-15-20-17-13(9-6-10-14(17)19)18(24)22(15)21-16(23)11-12-7-4-3-5-8-12/h3-10H,2,11H2,1H3,(H,21,23). The molecular weight excluding hydrogens is 370 g/mol. The number of nitrogens with zero attached hydrogens (tertiary/aromatic N) is 2. The van der Waals surface area contributed by atoms with Crippen molar-refractivity contribution in [1.82, 2.24) is 9.66 Å². The Bertz CT molecular complexity index is 952. The topological polar surface area (TPSA) is 64.0 Å². The Kier molecular flexibility index (Phi) is 4.76. The maximum Gasteiger partial charge on any atom is 0.280 e. The normalized spacial score (nSPS) is 10.8. The van der Waals surface area contributed by atoms with E-state index in [0.717, 1.165) is 10.0 Å². The van der Waals surface area contributed by atoms with E-state index in [1.54, 1.807) is 12.1 Å². The number of carbonyl (C=O) groups is 1. The number of para-hydroxylation sites is 1. The van der Waals surface area contributed by atoms with Gasteiger partial charge in [0.05, 0.1) is 17.3 Å². The molecule has 0 spiro atoms. The highest BCUT2D eigenvalue weighted by molar-refractivity contribution is 9.10. The van der Waals surface area contributed by atoms with Crippen molar-refractivity contribution < 1.29 is 4.79 Å². The fourth-order valence-electron chi connectivity index (χ4n) is 2.52. The number of rotatable bonds is 4. The third-order valence-electron chi connectivity index (χ3n) is 3.68. The van der Waals surface area contributed by atoms with Gasteiger partial charge in [0.1, 0.15) is 5.82 Å². The molecule has 0 atom stereocenters. The maximum atomic E-state index is 12.7. The molecule has 3 rings (SSSR count). The summed E-state index contributed by atoms with van der Waals surface area (Å²) in [5, 5.41) is 0.460. The van der Waals surface area contributed by atoms with Gasteiger partial charge in [0, 0.05) is 10.9 Å². The van der Waals surface area contributed by atoms with E-state index in [-0.39, 0.29) is 17.9 Å². The number of fused-ring (bicyclic) bond motifs is 1. The molecule has 0 radical (unpaired) electrons. The van der Waals surface area contributed by atoms with E-state index in [1.165, 1.54) is 4.68 Å². The predicted molar refractivity (Wildman–Crippen MR) is 97.6 cm³/mol. The summed E-state index contributed by atoms with van der Waals surface area (Å²) in [7, 11) is 0. The van der Waals surface area contributed by atoms with Crippen LogP contribution in [-0.2, 0) is 17.6 Å². The third kappa shape index (κ3) is 3.23. The smallest absolute Gasteiger partial charge is 0.273 e. The van der Waals surface area contributed by atoms with Crippen molar-refractivity contribution in [1.29, 1.82) is 0 Å². The monoisotopic (exact) mass is 385 g/mol. The van der Waals surface area contributed by atoms with Crippen LogP contribution in [0.15, 0.2) is 57.8 Å². The molecular formula is C18H16BrN3O2. The largest absolute Gasteiger partial charge is 0.280 e. The van der Waals surface area contributed by atoms with Crippen LogP contribution in [0.4, 0.5) is 0 Å². The Labute approximate surface area is 147 Å². The molecule has 0 saturated heterocycles. The van der Waals surface area contributed by atoms with Gasteiger partial charge in [-0.3, -0.25) is 15.0 Å². The molecule has 6 heteroatoms. The van der Waals surface area contributed by atoms with Crippen LogP contribution < -0.4 is 11.0 Å². The Morgan fingerprint density at radius 3 is 2.62 bits per heavy atom. The Balaban J connectivity index is 1.98. The summed E-state index contributed by atoms with van der Waals surface area (Å²) >= 11 is 3.42. The van der Waals surface area contributed by atoms with Gasteiger partial charge in [-0.2, -0.15) is 0 Å². The number of aryl methyl sites for hydroxylation is 1. The van der Waals surface area contributed by atoms with Crippen molar-refractivity contribution in [2.24, 2.45) is 0 Å². The average Bonchev–Trinajstić information content (AvgIpc) is 2.58. The van der Waals surface area contributed by atoms with E-state index in [1.807, 2.05) is 43.3 Å². The molecule has 1 N–H and O–H groups in total. The molecule has 1 aromatic heterocycles. The summed E-state index contributed by atoms with van der Waals surface area (Å²) in [6.45, 7) is 1.89. The second kappa shape index (κ2) is 6.97. The lowest BCUT2D eigenvalue weighted by Gasteiger charge is -2.14. The van der Waals surface area contributed by atoms with E-state index in [2.05, 4.69) is 26.3 Å². The van der Waals surface area contributed by atoms with Gasteiger partial charge in [-0.05, 0) is 33.6 Å². The summed E-state index contributed by atoms with van der Waals surface area (Å²) in [6.07, 6.45) is 0.727. The molecule has 24 heavy (non-hydrogen) atoms. The number of carbonyl (C=O) groups excluding carboxylic acids is 1. The number of nitrogens with one attached hydrogen (secondary N) is 1. The van der Waals surface area contributed by atoms with Crippen LogP contribution in [0.1, 0.15) is 18.3 Å². The third-order valence-corrected chi connectivity index (χ3v) is 4.32. The number of aromatic nitrogens is 2. The first kappa shape index (κ1) is 16.4. The molecule has 0 aliphatic heterocycles. The van der Waals surface area contributed by atoms with Crippen molar-refractivity contribution in [3.63, 3.8) is 0 Å². The van der Waals surface area contributed by atoms with Crippen LogP contribution in [0, 0.1) is 0 Å². The summed E-state index contributed by atoms with van der Waals surface area (Å²) in [4.78, 5) is 29.5. The van der Waals surface area contributed by atoms with Gasteiger partial charge in [0.25, 0.3) is 5.56 Å².